The number of carboxylic acid groups (broad SMARTS) is 1. The summed E-state index contributed by atoms with van der Waals surface area (Å²) in [5, 5.41) is 23.3. The second kappa shape index (κ2) is 5.18. The molecule has 1 heterocycles. The molecular weight excluding hydrogens is 253 g/mol. The Morgan fingerprint density at radius 1 is 1.53 bits per heavy atom. The lowest BCUT2D eigenvalue weighted by Crippen LogP contribution is -2.01. The number of nitriles is 1. The number of benzene rings is 1. The second-order valence-corrected chi connectivity index (χ2v) is 3.64. The maximum atomic E-state index is 13.5. The minimum absolute atomic E-state index is 0.0864. The average molecular weight is 261 g/mol. The lowest BCUT2D eigenvalue weighted by Gasteiger charge is -2.05. The smallest absolute Gasteiger partial charge is 0.358 e. The molecule has 0 bridgehead atoms. The van der Waals surface area contributed by atoms with E-state index in [-0.39, 0.29) is 29.2 Å². The molecule has 0 amide bonds. The normalized spacial score (nSPS) is 9.89. The fourth-order valence-electron chi connectivity index (χ4n) is 1.41. The van der Waals surface area contributed by atoms with Crippen molar-refractivity contribution in [2.45, 2.75) is 6.54 Å². The molecule has 0 saturated heterocycles. The molecule has 0 fully saturated rings. The molecule has 0 atom stereocenters. The van der Waals surface area contributed by atoms with E-state index in [4.69, 9.17) is 14.9 Å². The lowest BCUT2D eigenvalue weighted by molar-refractivity contribution is 0.0685. The molecule has 0 spiro atoms. The molecule has 0 aliphatic rings. The van der Waals surface area contributed by atoms with Crippen LogP contribution in [0, 0.1) is 17.1 Å². The van der Waals surface area contributed by atoms with Crippen molar-refractivity contribution in [2.24, 2.45) is 0 Å². The summed E-state index contributed by atoms with van der Waals surface area (Å²) in [6.45, 7) is 0.0864. The van der Waals surface area contributed by atoms with Crippen LogP contribution in [0.25, 0.3) is 0 Å². The Labute approximate surface area is 107 Å². The second-order valence-electron chi connectivity index (χ2n) is 3.64. The van der Waals surface area contributed by atoms with Gasteiger partial charge in [-0.25, -0.2) is 9.18 Å². The maximum Gasteiger partial charge on any atom is 0.358 e. The maximum absolute atomic E-state index is 13.5. The van der Waals surface area contributed by atoms with Crippen molar-refractivity contribution >= 4 is 11.7 Å². The van der Waals surface area contributed by atoms with Crippen molar-refractivity contribution in [3.05, 3.63) is 47.1 Å². The van der Waals surface area contributed by atoms with Crippen molar-refractivity contribution in [2.75, 3.05) is 5.32 Å². The largest absolute Gasteiger partial charge is 0.476 e. The number of halogens is 1. The first kappa shape index (κ1) is 12.6. The number of hydrogen-bond acceptors (Lipinski definition) is 5. The molecule has 0 radical (unpaired) electrons. The average Bonchev–Trinajstić information content (AvgIpc) is 2.86. The molecule has 0 aliphatic carbocycles. The molecule has 6 nitrogen and oxygen atoms in total. The van der Waals surface area contributed by atoms with Crippen LogP contribution in [0.5, 0.6) is 0 Å². The monoisotopic (exact) mass is 261 g/mol. The number of hydrogen-bond donors (Lipinski definition) is 2. The first-order chi connectivity index (χ1) is 9.10. The van der Waals surface area contributed by atoms with Gasteiger partial charge >= 0.3 is 5.97 Å². The van der Waals surface area contributed by atoms with E-state index in [0.717, 1.165) is 6.07 Å². The molecule has 19 heavy (non-hydrogen) atoms. The van der Waals surface area contributed by atoms with Crippen LogP contribution < -0.4 is 5.32 Å². The van der Waals surface area contributed by atoms with E-state index < -0.39 is 11.8 Å². The zero-order chi connectivity index (χ0) is 13.8. The number of aromatic nitrogens is 1. The van der Waals surface area contributed by atoms with Crippen LogP contribution in [0.15, 0.2) is 28.8 Å². The fraction of sp³-hybridized carbons (Fsp3) is 0.0833. The van der Waals surface area contributed by atoms with Crippen molar-refractivity contribution in [3.63, 3.8) is 0 Å². The summed E-state index contributed by atoms with van der Waals surface area (Å²) < 4.78 is 18.3. The minimum atomic E-state index is -1.19. The van der Waals surface area contributed by atoms with Crippen molar-refractivity contribution in [1.29, 1.82) is 5.26 Å². The first-order valence-electron chi connectivity index (χ1n) is 5.22. The molecule has 0 aliphatic heterocycles. The third-order valence-corrected chi connectivity index (χ3v) is 2.33. The van der Waals surface area contributed by atoms with E-state index in [1.807, 2.05) is 6.07 Å². The highest BCUT2D eigenvalue weighted by Crippen LogP contribution is 2.16. The van der Waals surface area contributed by atoms with Crippen molar-refractivity contribution in [3.8, 4) is 6.07 Å². The summed E-state index contributed by atoms with van der Waals surface area (Å²) in [4.78, 5) is 10.6. The highest BCUT2D eigenvalue weighted by molar-refractivity contribution is 5.85. The lowest BCUT2D eigenvalue weighted by atomic mass is 10.2. The van der Waals surface area contributed by atoms with Gasteiger partial charge in [0.15, 0.2) is 11.5 Å². The van der Waals surface area contributed by atoms with Gasteiger partial charge in [0.25, 0.3) is 0 Å². The summed E-state index contributed by atoms with van der Waals surface area (Å²) >= 11 is 0. The van der Waals surface area contributed by atoms with E-state index in [1.165, 1.54) is 18.2 Å². The van der Waals surface area contributed by atoms with Gasteiger partial charge in [-0.2, -0.15) is 5.26 Å². The predicted octanol–water partition coefficient (Wildman–Crippen LogP) is 2.00. The molecule has 2 rings (SSSR count). The highest BCUT2D eigenvalue weighted by Gasteiger charge is 2.11. The van der Waals surface area contributed by atoms with Gasteiger partial charge in [0.1, 0.15) is 5.82 Å². The van der Waals surface area contributed by atoms with Crippen LogP contribution in [-0.2, 0) is 6.54 Å². The fourth-order valence-corrected chi connectivity index (χ4v) is 1.41. The molecule has 2 aromatic rings. The van der Waals surface area contributed by atoms with Gasteiger partial charge in [0.2, 0.25) is 0 Å². The molecule has 0 saturated carbocycles. The highest BCUT2D eigenvalue weighted by atomic mass is 19.1. The van der Waals surface area contributed by atoms with E-state index in [0.29, 0.717) is 0 Å². The predicted molar refractivity (Wildman–Crippen MR) is 61.9 cm³/mol. The van der Waals surface area contributed by atoms with Crippen molar-refractivity contribution < 1.29 is 18.8 Å². The number of anilines is 1. The third-order valence-electron chi connectivity index (χ3n) is 2.33. The summed E-state index contributed by atoms with van der Waals surface area (Å²) in [6, 6.07) is 7.06. The molecule has 1 aromatic carbocycles. The number of carbonyl (C=O) groups is 1. The van der Waals surface area contributed by atoms with Gasteiger partial charge < -0.3 is 14.9 Å². The van der Waals surface area contributed by atoms with Crippen LogP contribution in [0.3, 0.4) is 0 Å². The Morgan fingerprint density at radius 3 is 2.89 bits per heavy atom. The van der Waals surface area contributed by atoms with E-state index in [9.17, 15) is 9.18 Å². The summed E-state index contributed by atoms with van der Waals surface area (Å²) in [6.07, 6.45) is 0. The van der Waals surface area contributed by atoms with Crippen LogP contribution >= 0.6 is 0 Å². The van der Waals surface area contributed by atoms with Crippen LogP contribution in [0.1, 0.15) is 21.8 Å². The van der Waals surface area contributed by atoms with Crippen LogP contribution in [0.4, 0.5) is 10.1 Å². The number of nitrogens with one attached hydrogen (secondary N) is 1. The Hall–Kier alpha value is -2.88. The Bertz CT molecular complexity index is 660. The van der Waals surface area contributed by atoms with Crippen molar-refractivity contribution in [1.82, 2.24) is 5.16 Å². The van der Waals surface area contributed by atoms with Crippen LogP contribution in [-0.4, -0.2) is 16.2 Å². The van der Waals surface area contributed by atoms with E-state index in [2.05, 4.69) is 10.5 Å². The topological polar surface area (TPSA) is 99.2 Å². The van der Waals surface area contributed by atoms with Crippen LogP contribution in [0.2, 0.25) is 0 Å². The number of rotatable bonds is 4. The number of aromatic carboxylic acids is 1. The zero-order valence-corrected chi connectivity index (χ0v) is 9.55. The first-order valence-corrected chi connectivity index (χ1v) is 5.22. The van der Waals surface area contributed by atoms with Gasteiger partial charge in [0, 0.05) is 6.07 Å². The van der Waals surface area contributed by atoms with Gasteiger partial charge in [0.05, 0.1) is 23.9 Å². The Morgan fingerprint density at radius 2 is 2.32 bits per heavy atom. The minimum Gasteiger partial charge on any atom is -0.476 e. The van der Waals surface area contributed by atoms with Gasteiger partial charge in [-0.15, -0.1) is 0 Å². The number of nitrogens with zero attached hydrogens (tertiary/aromatic N) is 2. The zero-order valence-electron chi connectivity index (χ0n) is 9.55. The van der Waals surface area contributed by atoms with Gasteiger partial charge in [-0.1, -0.05) is 5.16 Å². The van der Waals surface area contributed by atoms with E-state index >= 15 is 0 Å². The molecule has 1 aromatic heterocycles. The molecule has 7 heteroatoms. The summed E-state index contributed by atoms with van der Waals surface area (Å²) in [5.74, 6) is -1.50. The third kappa shape index (κ3) is 2.87. The molecule has 0 unspecified atom stereocenters. The van der Waals surface area contributed by atoms with E-state index in [1.54, 1.807) is 0 Å². The molecule has 2 N–H and O–H groups in total. The van der Waals surface area contributed by atoms with Gasteiger partial charge in [-0.05, 0) is 18.2 Å². The SMILES string of the molecule is N#Cc1ccc(NCc2cc(C(=O)O)no2)c(F)c1. The standard InChI is InChI=1S/C12H8FN3O3/c13-9-3-7(5-14)1-2-10(9)15-6-8-4-11(12(17)18)16-19-8/h1-4,15H,6H2,(H,17,18). The van der Waals surface area contributed by atoms with Gasteiger partial charge in [-0.3, -0.25) is 0 Å². The quantitative estimate of drug-likeness (QED) is 0.873. The molecular formula is C12H8FN3O3. The Kier molecular flexibility index (Phi) is 3.43. The summed E-state index contributed by atoms with van der Waals surface area (Å²) in [7, 11) is 0. The molecule has 96 valence electrons. The number of carboxylic acids is 1. The Balaban J connectivity index is 2.06. The summed E-state index contributed by atoms with van der Waals surface area (Å²) in [5.41, 5.74) is 0.195.